The minimum absolute atomic E-state index is 0.00149. The molecule has 0 aliphatic carbocycles. The molecule has 0 radical (unpaired) electrons. The van der Waals surface area contributed by atoms with Crippen LogP contribution in [0, 0.1) is 13.8 Å². The van der Waals surface area contributed by atoms with Crippen molar-refractivity contribution in [3.05, 3.63) is 65.6 Å². The van der Waals surface area contributed by atoms with Gasteiger partial charge in [-0.05, 0) is 50.6 Å². The van der Waals surface area contributed by atoms with Gasteiger partial charge in [0.15, 0.2) is 0 Å². The third kappa shape index (κ3) is 3.48. The van der Waals surface area contributed by atoms with Gasteiger partial charge in [0.05, 0.1) is 22.6 Å². The van der Waals surface area contributed by atoms with Crippen molar-refractivity contribution < 1.29 is 4.79 Å². The minimum atomic E-state index is -0.00149. The molecule has 3 heterocycles. The van der Waals surface area contributed by atoms with Gasteiger partial charge in [-0.25, -0.2) is 4.68 Å². The number of rotatable bonds is 3. The number of carbonyl (C=O) groups is 1. The SMILES string of the molecule is Cc1cc(C)n(-c2cccc(-c3ccc(C(=O)N4CCC(N)C4)cn3)c2)n1. The number of hydrogen-bond acceptors (Lipinski definition) is 4. The zero-order valence-electron chi connectivity index (χ0n) is 15.6. The molecule has 1 amide bonds. The van der Waals surface area contributed by atoms with Crippen molar-refractivity contribution in [3.63, 3.8) is 0 Å². The second-order valence-corrected chi connectivity index (χ2v) is 7.12. The fourth-order valence-corrected chi connectivity index (χ4v) is 3.53. The Kier molecular flexibility index (Phi) is 4.49. The quantitative estimate of drug-likeness (QED) is 0.778. The number of aryl methyl sites for hydroxylation is 2. The summed E-state index contributed by atoms with van der Waals surface area (Å²) in [5.74, 6) is -0.00149. The highest BCUT2D eigenvalue weighted by Crippen LogP contribution is 2.22. The Morgan fingerprint density at radius 3 is 2.67 bits per heavy atom. The Balaban J connectivity index is 1.58. The second-order valence-electron chi connectivity index (χ2n) is 7.12. The van der Waals surface area contributed by atoms with Crippen molar-refractivity contribution in [1.29, 1.82) is 0 Å². The number of hydrogen-bond donors (Lipinski definition) is 1. The summed E-state index contributed by atoms with van der Waals surface area (Å²) in [6, 6.07) is 14.0. The molecule has 2 N–H and O–H groups in total. The molecule has 27 heavy (non-hydrogen) atoms. The molecule has 1 fully saturated rings. The fraction of sp³-hybridized carbons (Fsp3) is 0.286. The predicted molar refractivity (Wildman–Crippen MR) is 105 cm³/mol. The van der Waals surface area contributed by atoms with E-state index in [9.17, 15) is 4.79 Å². The van der Waals surface area contributed by atoms with E-state index < -0.39 is 0 Å². The van der Waals surface area contributed by atoms with Gasteiger partial charge in [0.25, 0.3) is 5.91 Å². The molecule has 4 rings (SSSR count). The summed E-state index contributed by atoms with van der Waals surface area (Å²) in [6.45, 7) is 5.35. The van der Waals surface area contributed by atoms with Gasteiger partial charge in [0, 0.05) is 36.6 Å². The van der Waals surface area contributed by atoms with E-state index in [1.807, 2.05) is 48.9 Å². The van der Waals surface area contributed by atoms with Gasteiger partial charge in [0.1, 0.15) is 0 Å². The van der Waals surface area contributed by atoms with Crippen LogP contribution in [0.4, 0.5) is 0 Å². The monoisotopic (exact) mass is 361 g/mol. The lowest BCUT2D eigenvalue weighted by Gasteiger charge is -2.15. The third-order valence-electron chi connectivity index (χ3n) is 4.92. The predicted octanol–water partition coefficient (Wildman–Crippen LogP) is 2.72. The normalized spacial score (nSPS) is 16.7. The summed E-state index contributed by atoms with van der Waals surface area (Å²) in [6.07, 6.45) is 2.51. The molecular weight excluding hydrogens is 338 g/mol. The van der Waals surface area contributed by atoms with E-state index in [0.29, 0.717) is 18.7 Å². The molecule has 6 heteroatoms. The molecular formula is C21H23N5O. The number of likely N-dealkylation sites (tertiary alicyclic amines) is 1. The standard InChI is InChI=1S/C21H23N5O/c1-14-10-15(2)26(24-14)19-5-3-4-16(11-19)20-7-6-17(12-23-20)21(27)25-9-8-18(22)13-25/h3-7,10-12,18H,8-9,13,22H2,1-2H3. The van der Waals surface area contributed by atoms with Gasteiger partial charge >= 0.3 is 0 Å². The number of pyridine rings is 1. The van der Waals surface area contributed by atoms with E-state index >= 15 is 0 Å². The largest absolute Gasteiger partial charge is 0.337 e. The van der Waals surface area contributed by atoms with Gasteiger partial charge in [-0.3, -0.25) is 9.78 Å². The molecule has 1 unspecified atom stereocenters. The highest BCUT2D eigenvalue weighted by atomic mass is 16.2. The van der Waals surface area contributed by atoms with E-state index in [-0.39, 0.29) is 11.9 Å². The van der Waals surface area contributed by atoms with Crippen LogP contribution in [0.1, 0.15) is 28.2 Å². The van der Waals surface area contributed by atoms with Crippen molar-refractivity contribution in [2.75, 3.05) is 13.1 Å². The molecule has 2 aromatic heterocycles. The lowest BCUT2D eigenvalue weighted by Crippen LogP contribution is -2.31. The highest BCUT2D eigenvalue weighted by molar-refractivity contribution is 5.94. The molecule has 0 bridgehead atoms. The first-order chi connectivity index (χ1) is 13.0. The van der Waals surface area contributed by atoms with Crippen molar-refractivity contribution >= 4 is 5.91 Å². The number of amides is 1. The van der Waals surface area contributed by atoms with Crippen molar-refractivity contribution in [2.24, 2.45) is 5.73 Å². The van der Waals surface area contributed by atoms with Gasteiger partial charge < -0.3 is 10.6 Å². The van der Waals surface area contributed by atoms with E-state index in [0.717, 1.165) is 34.8 Å². The van der Waals surface area contributed by atoms with Crippen LogP contribution in [-0.4, -0.2) is 44.7 Å². The van der Waals surface area contributed by atoms with Crippen molar-refractivity contribution in [3.8, 4) is 16.9 Å². The zero-order chi connectivity index (χ0) is 19.0. The van der Waals surface area contributed by atoms with E-state index in [1.54, 1.807) is 11.1 Å². The summed E-state index contributed by atoms with van der Waals surface area (Å²) in [5, 5.41) is 4.54. The highest BCUT2D eigenvalue weighted by Gasteiger charge is 2.24. The van der Waals surface area contributed by atoms with Crippen LogP contribution in [0.5, 0.6) is 0 Å². The maximum Gasteiger partial charge on any atom is 0.255 e. The first-order valence-corrected chi connectivity index (χ1v) is 9.16. The summed E-state index contributed by atoms with van der Waals surface area (Å²) >= 11 is 0. The van der Waals surface area contributed by atoms with Crippen LogP contribution in [0.15, 0.2) is 48.7 Å². The van der Waals surface area contributed by atoms with Gasteiger partial charge in [-0.1, -0.05) is 12.1 Å². The summed E-state index contributed by atoms with van der Waals surface area (Å²) in [7, 11) is 0. The first kappa shape index (κ1) is 17.4. The molecule has 1 saturated heterocycles. The third-order valence-corrected chi connectivity index (χ3v) is 4.92. The fourth-order valence-electron chi connectivity index (χ4n) is 3.53. The second kappa shape index (κ2) is 6.96. The van der Waals surface area contributed by atoms with Crippen LogP contribution in [-0.2, 0) is 0 Å². The Morgan fingerprint density at radius 2 is 2.04 bits per heavy atom. The zero-order valence-corrected chi connectivity index (χ0v) is 15.6. The summed E-state index contributed by atoms with van der Waals surface area (Å²) < 4.78 is 1.92. The van der Waals surface area contributed by atoms with Crippen LogP contribution >= 0.6 is 0 Å². The van der Waals surface area contributed by atoms with Gasteiger partial charge in [0.2, 0.25) is 0 Å². The Hall–Kier alpha value is -2.99. The molecule has 6 nitrogen and oxygen atoms in total. The Morgan fingerprint density at radius 1 is 1.19 bits per heavy atom. The maximum atomic E-state index is 12.5. The average Bonchev–Trinajstić information content (AvgIpc) is 3.26. The molecule has 0 spiro atoms. The number of nitrogens with zero attached hydrogens (tertiary/aromatic N) is 4. The van der Waals surface area contributed by atoms with Crippen LogP contribution in [0.25, 0.3) is 16.9 Å². The van der Waals surface area contributed by atoms with Crippen molar-refractivity contribution in [1.82, 2.24) is 19.7 Å². The lowest BCUT2D eigenvalue weighted by atomic mass is 10.1. The van der Waals surface area contributed by atoms with Crippen LogP contribution in [0.2, 0.25) is 0 Å². The Bertz CT molecular complexity index is 976. The topological polar surface area (TPSA) is 77.0 Å². The van der Waals surface area contributed by atoms with E-state index in [2.05, 4.69) is 22.2 Å². The smallest absolute Gasteiger partial charge is 0.255 e. The number of benzene rings is 1. The number of aromatic nitrogens is 3. The lowest BCUT2D eigenvalue weighted by molar-refractivity contribution is 0.0790. The summed E-state index contributed by atoms with van der Waals surface area (Å²) in [5.41, 5.74) is 11.4. The molecule has 1 aromatic carbocycles. The van der Waals surface area contributed by atoms with Gasteiger partial charge in [-0.2, -0.15) is 5.10 Å². The summed E-state index contributed by atoms with van der Waals surface area (Å²) in [4.78, 5) is 18.8. The number of carbonyl (C=O) groups excluding carboxylic acids is 1. The van der Waals surface area contributed by atoms with Crippen LogP contribution < -0.4 is 5.73 Å². The Labute approximate surface area is 158 Å². The molecule has 1 aliphatic heterocycles. The molecule has 138 valence electrons. The molecule has 1 aliphatic rings. The van der Waals surface area contributed by atoms with E-state index in [1.165, 1.54) is 0 Å². The van der Waals surface area contributed by atoms with E-state index in [4.69, 9.17) is 5.73 Å². The maximum absolute atomic E-state index is 12.5. The molecule has 0 saturated carbocycles. The minimum Gasteiger partial charge on any atom is -0.337 e. The van der Waals surface area contributed by atoms with Crippen LogP contribution in [0.3, 0.4) is 0 Å². The van der Waals surface area contributed by atoms with Crippen molar-refractivity contribution in [2.45, 2.75) is 26.3 Å². The molecule has 3 aromatic rings. The average molecular weight is 361 g/mol. The molecule has 1 atom stereocenters. The van der Waals surface area contributed by atoms with Gasteiger partial charge in [-0.15, -0.1) is 0 Å². The number of nitrogens with two attached hydrogens (primary N) is 1. The first-order valence-electron chi connectivity index (χ1n) is 9.16.